The molecule has 0 saturated carbocycles. The van der Waals surface area contributed by atoms with E-state index in [9.17, 15) is 4.79 Å². The topological polar surface area (TPSA) is 72.0 Å². The van der Waals surface area contributed by atoms with Gasteiger partial charge in [0.25, 0.3) is 5.91 Å². The van der Waals surface area contributed by atoms with Gasteiger partial charge in [0.2, 0.25) is 5.88 Å². The average molecular weight is 484 g/mol. The van der Waals surface area contributed by atoms with Crippen LogP contribution < -0.4 is 4.90 Å². The second kappa shape index (κ2) is 10.0. The summed E-state index contributed by atoms with van der Waals surface area (Å²) >= 11 is 0. The van der Waals surface area contributed by atoms with Crippen molar-refractivity contribution >= 4 is 11.8 Å². The van der Waals surface area contributed by atoms with E-state index in [1.54, 1.807) is 12.1 Å². The molecule has 2 aromatic carbocycles. The number of fused-ring (bicyclic) bond motifs is 1. The predicted molar refractivity (Wildman–Crippen MR) is 136 cm³/mol. The molecule has 1 atom stereocenters. The number of rotatable bonds is 7. The standard InChI is InChI=1S/C29H29N3O4/c33-28(26-13-7-17-35-26)32(19-24-12-6-16-34-24)20-25-27(22-9-2-1-3-10-22)30-36-29(25)31-15-14-21-8-4-5-11-23(21)18-31/h1-5,7-11,13,17,24H,6,12,14-16,18-20H2. The van der Waals surface area contributed by atoms with Gasteiger partial charge in [0.15, 0.2) is 5.76 Å². The number of aromatic nitrogens is 1. The SMILES string of the molecule is O=C(c1ccco1)N(Cc1c(-c2ccccc2)noc1N1CCc2ccccc2C1)CC1CCCO1. The van der Waals surface area contributed by atoms with E-state index in [0.29, 0.717) is 24.7 Å². The van der Waals surface area contributed by atoms with Gasteiger partial charge in [-0.25, -0.2) is 0 Å². The van der Waals surface area contributed by atoms with Crippen LogP contribution in [0.3, 0.4) is 0 Å². The van der Waals surface area contributed by atoms with Gasteiger partial charge < -0.3 is 23.5 Å². The van der Waals surface area contributed by atoms with Crippen LogP contribution in [-0.4, -0.2) is 41.8 Å². The monoisotopic (exact) mass is 483 g/mol. The quantitative estimate of drug-likeness (QED) is 0.354. The highest BCUT2D eigenvalue weighted by Gasteiger charge is 2.31. The summed E-state index contributed by atoms with van der Waals surface area (Å²) in [6.45, 7) is 3.13. The van der Waals surface area contributed by atoms with E-state index in [1.165, 1.54) is 17.4 Å². The summed E-state index contributed by atoms with van der Waals surface area (Å²) in [5.74, 6) is 0.873. The summed E-state index contributed by atoms with van der Waals surface area (Å²) in [5.41, 5.74) is 5.27. The third-order valence-electron chi connectivity index (χ3n) is 7.05. The van der Waals surface area contributed by atoms with E-state index in [1.807, 2.05) is 35.2 Å². The fourth-order valence-corrected chi connectivity index (χ4v) is 5.18. The number of anilines is 1. The van der Waals surface area contributed by atoms with Gasteiger partial charge in [-0.1, -0.05) is 59.8 Å². The Balaban J connectivity index is 1.37. The minimum atomic E-state index is -0.161. The summed E-state index contributed by atoms with van der Waals surface area (Å²) in [6, 6.07) is 22.0. The zero-order chi connectivity index (χ0) is 24.3. The number of furan rings is 1. The number of carbonyl (C=O) groups is 1. The molecule has 6 rings (SSSR count). The molecule has 7 nitrogen and oxygen atoms in total. The molecule has 7 heteroatoms. The van der Waals surface area contributed by atoms with Crippen molar-refractivity contribution in [2.24, 2.45) is 0 Å². The molecule has 0 radical (unpaired) electrons. The van der Waals surface area contributed by atoms with Gasteiger partial charge in [0, 0.05) is 31.8 Å². The highest BCUT2D eigenvalue weighted by atomic mass is 16.5. The fourth-order valence-electron chi connectivity index (χ4n) is 5.18. The molecule has 2 aromatic heterocycles. The third-order valence-corrected chi connectivity index (χ3v) is 7.05. The smallest absolute Gasteiger partial charge is 0.289 e. The molecular formula is C29H29N3O4. The van der Waals surface area contributed by atoms with E-state index in [2.05, 4.69) is 34.3 Å². The summed E-state index contributed by atoms with van der Waals surface area (Å²) in [5, 5.41) is 4.52. The molecule has 184 valence electrons. The molecule has 2 aliphatic rings. The highest BCUT2D eigenvalue weighted by molar-refractivity contribution is 5.91. The van der Waals surface area contributed by atoms with E-state index in [4.69, 9.17) is 13.7 Å². The van der Waals surface area contributed by atoms with E-state index < -0.39 is 0 Å². The van der Waals surface area contributed by atoms with E-state index in [-0.39, 0.29) is 12.0 Å². The maximum absolute atomic E-state index is 13.5. The van der Waals surface area contributed by atoms with Gasteiger partial charge in [-0.15, -0.1) is 0 Å². The van der Waals surface area contributed by atoms with Gasteiger partial charge in [-0.3, -0.25) is 4.79 Å². The Morgan fingerprint density at radius 1 is 1.03 bits per heavy atom. The number of hydrogen-bond donors (Lipinski definition) is 0. The van der Waals surface area contributed by atoms with Crippen LogP contribution in [0, 0.1) is 0 Å². The Labute approximate surface area is 210 Å². The lowest BCUT2D eigenvalue weighted by molar-refractivity contribution is 0.0484. The largest absolute Gasteiger partial charge is 0.459 e. The second-order valence-corrected chi connectivity index (χ2v) is 9.42. The summed E-state index contributed by atoms with van der Waals surface area (Å²) in [7, 11) is 0. The molecule has 4 aromatic rings. The number of ether oxygens (including phenoxy) is 1. The van der Waals surface area contributed by atoms with E-state index >= 15 is 0 Å². The Kier molecular flexibility index (Phi) is 6.30. The lowest BCUT2D eigenvalue weighted by atomic mass is 9.99. The van der Waals surface area contributed by atoms with Crippen molar-refractivity contribution < 1.29 is 18.5 Å². The number of amides is 1. The van der Waals surface area contributed by atoms with Crippen molar-refractivity contribution in [2.45, 2.75) is 38.5 Å². The zero-order valence-corrected chi connectivity index (χ0v) is 20.1. The van der Waals surface area contributed by atoms with E-state index in [0.717, 1.165) is 55.8 Å². The molecular weight excluding hydrogens is 454 g/mol. The van der Waals surface area contributed by atoms with Crippen LogP contribution in [0.4, 0.5) is 5.88 Å². The van der Waals surface area contributed by atoms with Crippen molar-refractivity contribution in [1.82, 2.24) is 10.1 Å². The lowest BCUT2D eigenvalue weighted by Gasteiger charge is -2.30. The van der Waals surface area contributed by atoms with Gasteiger partial charge in [0.1, 0.15) is 5.69 Å². The second-order valence-electron chi connectivity index (χ2n) is 9.42. The minimum Gasteiger partial charge on any atom is -0.459 e. The summed E-state index contributed by atoms with van der Waals surface area (Å²) in [6.07, 6.45) is 4.42. The maximum atomic E-state index is 13.5. The van der Waals surface area contributed by atoms with Crippen LogP contribution in [0.25, 0.3) is 11.3 Å². The number of nitrogens with zero attached hydrogens (tertiary/aromatic N) is 3. The summed E-state index contributed by atoms with van der Waals surface area (Å²) < 4.78 is 17.4. The predicted octanol–water partition coefficient (Wildman–Crippen LogP) is 5.32. The van der Waals surface area contributed by atoms with Crippen molar-refractivity contribution in [2.75, 3.05) is 24.6 Å². The van der Waals surface area contributed by atoms with Crippen LogP contribution >= 0.6 is 0 Å². The van der Waals surface area contributed by atoms with Crippen LogP contribution in [0.1, 0.15) is 40.1 Å². The van der Waals surface area contributed by atoms with Gasteiger partial charge in [0.05, 0.1) is 24.5 Å². The first-order valence-electron chi connectivity index (χ1n) is 12.6. The highest BCUT2D eigenvalue weighted by Crippen LogP contribution is 2.35. The maximum Gasteiger partial charge on any atom is 0.289 e. The normalized spacial score (nSPS) is 17.2. The molecule has 0 spiro atoms. The van der Waals surface area contributed by atoms with Crippen molar-refractivity contribution in [3.05, 3.63) is 95.4 Å². The van der Waals surface area contributed by atoms with Crippen LogP contribution in [0.2, 0.25) is 0 Å². The molecule has 4 heterocycles. The third kappa shape index (κ3) is 4.54. The molecule has 2 aliphatic heterocycles. The number of hydrogen-bond acceptors (Lipinski definition) is 6. The fraction of sp³-hybridized carbons (Fsp3) is 0.310. The van der Waals surface area contributed by atoms with Crippen molar-refractivity contribution in [1.29, 1.82) is 0 Å². The molecule has 1 amide bonds. The average Bonchev–Trinajstić information content (AvgIpc) is 3.71. The molecule has 1 fully saturated rings. The lowest BCUT2D eigenvalue weighted by Crippen LogP contribution is -2.37. The molecule has 36 heavy (non-hydrogen) atoms. The molecule has 0 bridgehead atoms. The van der Waals surface area contributed by atoms with Crippen molar-refractivity contribution in [3.63, 3.8) is 0 Å². The Morgan fingerprint density at radius 3 is 2.64 bits per heavy atom. The van der Waals surface area contributed by atoms with Crippen molar-refractivity contribution in [3.8, 4) is 11.3 Å². The van der Waals surface area contributed by atoms with Crippen LogP contribution in [0.15, 0.2) is 81.9 Å². The number of carbonyl (C=O) groups excluding carboxylic acids is 1. The zero-order valence-electron chi connectivity index (χ0n) is 20.1. The molecule has 1 saturated heterocycles. The number of benzene rings is 2. The minimum absolute atomic E-state index is 0.00858. The molecule has 0 N–H and O–H groups in total. The summed E-state index contributed by atoms with van der Waals surface area (Å²) in [4.78, 5) is 17.6. The first kappa shape index (κ1) is 22.6. The van der Waals surface area contributed by atoms with Crippen LogP contribution in [0.5, 0.6) is 0 Å². The molecule has 1 unspecified atom stereocenters. The van der Waals surface area contributed by atoms with Gasteiger partial charge in [-0.2, -0.15) is 0 Å². The molecule has 0 aliphatic carbocycles. The Morgan fingerprint density at radius 2 is 1.86 bits per heavy atom. The Hall–Kier alpha value is -3.84. The first-order chi connectivity index (χ1) is 17.8. The van der Waals surface area contributed by atoms with Crippen LogP contribution in [-0.2, 0) is 24.2 Å². The first-order valence-corrected chi connectivity index (χ1v) is 12.6. The van der Waals surface area contributed by atoms with Gasteiger partial charge in [-0.05, 0) is 42.5 Å². The Bertz CT molecular complexity index is 1310. The van der Waals surface area contributed by atoms with Gasteiger partial charge >= 0.3 is 0 Å².